The van der Waals surface area contributed by atoms with Crippen molar-refractivity contribution in [3.8, 4) is 0 Å². The Balaban J connectivity index is 2.05. The Labute approximate surface area is 156 Å². The van der Waals surface area contributed by atoms with Crippen molar-refractivity contribution >= 4 is 11.6 Å². The van der Waals surface area contributed by atoms with Crippen molar-refractivity contribution in [2.75, 3.05) is 11.9 Å². The molecular formula is C17H20F6N2O3. The molecule has 1 saturated carbocycles. The zero-order chi connectivity index (χ0) is 20.9. The summed E-state index contributed by atoms with van der Waals surface area (Å²) in [6.45, 7) is -0.310. The van der Waals surface area contributed by atoms with Crippen molar-refractivity contribution in [1.29, 1.82) is 0 Å². The molecule has 1 heterocycles. The number of alkyl halides is 6. The van der Waals surface area contributed by atoms with Crippen LogP contribution in [0, 0.1) is 11.8 Å². The van der Waals surface area contributed by atoms with Gasteiger partial charge < -0.3 is 15.0 Å². The number of halogens is 6. The monoisotopic (exact) mass is 414 g/mol. The van der Waals surface area contributed by atoms with Crippen LogP contribution in [0.15, 0.2) is 23.1 Å². The Bertz CT molecular complexity index is 716. The highest BCUT2D eigenvalue weighted by Gasteiger charge is 2.47. The number of amides is 1. The number of hydrogen-bond donors (Lipinski definition) is 2. The topological polar surface area (TPSA) is 71.2 Å². The zero-order valence-electron chi connectivity index (χ0n) is 14.7. The van der Waals surface area contributed by atoms with Crippen molar-refractivity contribution in [1.82, 2.24) is 4.98 Å². The molecule has 0 aromatic carbocycles. The van der Waals surface area contributed by atoms with Gasteiger partial charge in [-0.15, -0.1) is 0 Å². The summed E-state index contributed by atoms with van der Waals surface area (Å²) in [5, 5.41) is 2.38. The van der Waals surface area contributed by atoms with E-state index >= 15 is 0 Å². The molecule has 5 nitrogen and oxygen atoms in total. The fourth-order valence-electron chi connectivity index (χ4n) is 3.18. The van der Waals surface area contributed by atoms with Gasteiger partial charge in [-0.25, -0.2) is 0 Å². The quantitative estimate of drug-likeness (QED) is 0.546. The standard InChI is InChI=1S/C17H20F6N2O3/c18-16(19,20)5-1-7-28-13-3-2-10(17(21,22)23)8-12(13)15(27)25-11-4-6-24-14(26)9-11/h4,6,9-10,12-13H,1-3,5,7-8H2,(H2,24,25,26,27). The van der Waals surface area contributed by atoms with Crippen molar-refractivity contribution < 1.29 is 35.9 Å². The first kappa shape index (κ1) is 22.3. The molecule has 11 heteroatoms. The summed E-state index contributed by atoms with van der Waals surface area (Å²) < 4.78 is 81.2. The number of aromatic nitrogens is 1. The van der Waals surface area contributed by atoms with Gasteiger partial charge in [0.05, 0.1) is 17.9 Å². The summed E-state index contributed by atoms with van der Waals surface area (Å²) in [4.78, 5) is 26.1. The maximum absolute atomic E-state index is 13.1. The Morgan fingerprint density at radius 2 is 1.93 bits per heavy atom. The SMILES string of the molecule is O=C(Nc1cc[nH]c(=O)c1)C1CC(C(F)(F)F)CCC1OCCCC(F)(F)F. The molecule has 1 aliphatic rings. The van der Waals surface area contributed by atoms with Crippen molar-refractivity contribution in [2.24, 2.45) is 11.8 Å². The van der Waals surface area contributed by atoms with Gasteiger partial charge in [0.25, 0.3) is 0 Å². The zero-order valence-corrected chi connectivity index (χ0v) is 14.7. The third-order valence-electron chi connectivity index (χ3n) is 4.57. The van der Waals surface area contributed by atoms with E-state index in [0.29, 0.717) is 0 Å². The fourth-order valence-corrected chi connectivity index (χ4v) is 3.18. The van der Waals surface area contributed by atoms with Gasteiger partial charge in [0.15, 0.2) is 0 Å². The van der Waals surface area contributed by atoms with Crippen LogP contribution in [0.4, 0.5) is 32.0 Å². The van der Waals surface area contributed by atoms with Gasteiger partial charge in [0.1, 0.15) is 0 Å². The number of carbonyl (C=O) groups excluding carboxylic acids is 1. The minimum Gasteiger partial charge on any atom is -0.377 e. The summed E-state index contributed by atoms with van der Waals surface area (Å²) in [7, 11) is 0. The minimum absolute atomic E-state index is 0.0936. The number of hydrogen-bond acceptors (Lipinski definition) is 3. The van der Waals surface area contributed by atoms with E-state index in [1.54, 1.807) is 0 Å². The first-order valence-corrected chi connectivity index (χ1v) is 8.70. The van der Waals surface area contributed by atoms with Crippen LogP contribution in [-0.4, -0.2) is 36.0 Å². The molecule has 28 heavy (non-hydrogen) atoms. The molecule has 0 spiro atoms. The molecule has 1 aliphatic carbocycles. The molecule has 0 bridgehead atoms. The van der Waals surface area contributed by atoms with Crippen molar-refractivity contribution in [3.05, 3.63) is 28.7 Å². The lowest BCUT2D eigenvalue weighted by atomic mass is 9.78. The fraction of sp³-hybridized carbons (Fsp3) is 0.647. The first-order chi connectivity index (χ1) is 13.0. The second kappa shape index (κ2) is 8.97. The predicted molar refractivity (Wildman–Crippen MR) is 87.6 cm³/mol. The number of rotatable bonds is 6. The van der Waals surface area contributed by atoms with E-state index in [2.05, 4.69) is 10.3 Å². The predicted octanol–water partition coefficient (Wildman–Crippen LogP) is 4.02. The molecule has 1 fully saturated rings. The molecule has 1 aromatic rings. The van der Waals surface area contributed by atoms with E-state index in [-0.39, 0.29) is 31.6 Å². The molecule has 1 amide bonds. The van der Waals surface area contributed by atoms with Gasteiger partial charge in [-0.3, -0.25) is 9.59 Å². The van der Waals surface area contributed by atoms with Crippen LogP contribution in [0.2, 0.25) is 0 Å². The number of H-pyrrole nitrogens is 1. The number of ether oxygens (including phenoxy) is 1. The second-order valence-electron chi connectivity index (χ2n) is 6.72. The van der Waals surface area contributed by atoms with Gasteiger partial charge in [0.2, 0.25) is 11.5 Å². The highest BCUT2D eigenvalue weighted by atomic mass is 19.4. The Hall–Kier alpha value is -2.04. The summed E-state index contributed by atoms with van der Waals surface area (Å²) in [6, 6.07) is 2.43. The van der Waals surface area contributed by atoms with Crippen molar-refractivity contribution in [2.45, 2.75) is 50.6 Å². The average molecular weight is 414 g/mol. The number of aromatic amines is 1. The first-order valence-electron chi connectivity index (χ1n) is 8.70. The summed E-state index contributed by atoms with van der Waals surface area (Å²) in [5.41, 5.74) is -0.395. The van der Waals surface area contributed by atoms with Crippen LogP contribution in [-0.2, 0) is 9.53 Å². The Morgan fingerprint density at radius 3 is 2.54 bits per heavy atom. The Kier molecular flexibility index (Phi) is 7.13. The molecule has 0 saturated heterocycles. The normalized spacial score (nSPS) is 23.4. The van der Waals surface area contributed by atoms with Crippen LogP contribution in [0.25, 0.3) is 0 Å². The number of carbonyl (C=O) groups is 1. The molecule has 3 unspecified atom stereocenters. The lowest BCUT2D eigenvalue weighted by molar-refractivity contribution is -0.195. The van der Waals surface area contributed by atoms with Crippen LogP contribution >= 0.6 is 0 Å². The van der Waals surface area contributed by atoms with E-state index in [9.17, 15) is 35.9 Å². The molecular weight excluding hydrogens is 394 g/mol. The van der Waals surface area contributed by atoms with E-state index in [1.807, 2.05) is 0 Å². The largest absolute Gasteiger partial charge is 0.391 e. The minimum atomic E-state index is -4.48. The van der Waals surface area contributed by atoms with Gasteiger partial charge in [-0.2, -0.15) is 26.3 Å². The molecule has 0 aliphatic heterocycles. The van der Waals surface area contributed by atoms with Crippen LogP contribution < -0.4 is 10.9 Å². The molecule has 1 aromatic heterocycles. The van der Waals surface area contributed by atoms with E-state index in [4.69, 9.17) is 4.74 Å². The van der Waals surface area contributed by atoms with Gasteiger partial charge in [-0.05, 0) is 31.7 Å². The number of nitrogens with one attached hydrogen (secondary N) is 2. The molecule has 158 valence electrons. The van der Waals surface area contributed by atoms with E-state index < -0.39 is 54.6 Å². The molecule has 2 rings (SSSR count). The third-order valence-corrected chi connectivity index (χ3v) is 4.57. The van der Waals surface area contributed by atoms with Gasteiger partial charge >= 0.3 is 12.4 Å². The number of anilines is 1. The maximum Gasteiger partial charge on any atom is 0.391 e. The van der Waals surface area contributed by atoms with E-state index in [1.165, 1.54) is 12.3 Å². The second-order valence-corrected chi connectivity index (χ2v) is 6.72. The maximum atomic E-state index is 13.1. The highest BCUT2D eigenvalue weighted by Crippen LogP contribution is 2.41. The molecule has 3 atom stereocenters. The molecule has 0 radical (unpaired) electrons. The summed E-state index contributed by atoms with van der Waals surface area (Å²) >= 11 is 0. The highest BCUT2D eigenvalue weighted by molar-refractivity contribution is 5.92. The third kappa shape index (κ3) is 6.84. The van der Waals surface area contributed by atoms with Crippen LogP contribution in [0.3, 0.4) is 0 Å². The van der Waals surface area contributed by atoms with Gasteiger partial charge in [0, 0.05) is 31.0 Å². The Morgan fingerprint density at radius 1 is 1.21 bits per heavy atom. The average Bonchev–Trinajstić information content (AvgIpc) is 2.57. The van der Waals surface area contributed by atoms with Crippen LogP contribution in [0.1, 0.15) is 32.1 Å². The lowest BCUT2D eigenvalue weighted by Gasteiger charge is -2.36. The van der Waals surface area contributed by atoms with Crippen molar-refractivity contribution in [3.63, 3.8) is 0 Å². The van der Waals surface area contributed by atoms with Gasteiger partial charge in [-0.1, -0.05) is 0 Å². The molecule has 2 N–H and O–H groups in total. The smallest absolute Gasteiger partial charge is 0.377 e. The summed E-state index contributed by atoms with van der Waals surface area (Å²) in [6.07, 6.45) is -10.8. The summed E-state index contributed by atoms with van der Waals surface area (Å²) in [5.74, 6) is -3.65. The van der Waals surface area contributed by atoms with E-state index in [0.717, 1.165) is 6.07 Å². The number of pyridine rings is 1. The van der Waals surface area contributed by atoms with Crippen LogP contribution in [0.5, 0.6) is 0 Å². The lowest BCUT2D eigenvalue weighted by Crippen LogP contribution is -2.43.